The number of methoxy groups -OCH3 is 1. The van der Waals surface area contributed by atoms with Crippen LogP contribution in [0.2, 0.25) is 0 Å². The summed E-state index contributed by atoms with van der Waals surface area (Å²) in [5.74, 6) is 1.47. The van der Waals surface area contributed by atoms with Crippen LogP contribution in [-0.2, 0) is 11.3 Å². The molecule has 3 rings (SSSR count). The van der Waals surface area contributed by atoms with Crippen molar-refractivity contribution in [3.63, 3.8) is 0 Å². The Morgan fingerprint density at radius 1 is 1.37 bits per heavy atom. The number of ether oxygens (including phenoxy) is 1. The maximum absolute atomic E-state index is 5.04. The number of hydrogen-bond acceptors (Lipinski definition) is 5. The molecular formula is C14H17N3OS. The number of hydrogen-bond donors (Lipinski definition) is 1. The predicted molar refractivity (Wildman–Crippen MR) is 76.2 cm³/mol. The van der Waals surface area contributed by atoms with Gasteiger partial charge in [-0.3, -0.25) is 0 Å². The summed E-state index contributed by atoms with van der Waals surface area (Å²) in [6.45, 7) is 0.470. The van der Waals surface area contributed by atoms with Crippen molar-refractivity contribution >= 4 is 16.7 Å². The van der Waals surface area contributed by atoms with Crippen LogP contribution in [0.3, 0.4) is 0 Å². The van der Waals surface area contributed by atoms with Gasteiger partial charge in [0.15, 0.2) is 5.82 Å². The molecule has 1 unspecified atom stereocenters. The Hall–Kier alpha value is -1.46. The Morgan fingerprint density at radius 3 is 2.84 bits per heavy atom. The summed E-state index contributed by atoms with van der Waals surface area (Å²) in [6, 6.07) is 10.9. The first-order valence-electron chi connectivity index (χ1n) is 6.50. The van der Waals surface area contributed by atoms with Crippen molar-refractivity contribution in [3.8, 4) is 0 Å². The molecule has 0 radical (unpaired) electrons. The molecule has 0 amide bonds. The lowest BCUT2D eigenvalue weighted by Crippen LogP contribution is -2.12. The highest BCUT2D eigenvalue weighted by Gasteiger charge is 2.32. The van der Waals surface area contributed by atoms with Gasteiger partial charge in [0.05, 0.1) is 6.04 Å². The van der Waals surface area contributed by atoms with Crippen molar-refractivity contribution in [1.29, 1.82) is 0 Å². The molecule has 1 heterocycles. The van der Waals surface area contributed by atoms with Crippen LogP contribution in [0.5, 0.6) is 0 Å². The second-order valence-corrected chi connectivity index (χ2v) is 5.57. The minimum absolute atomic E-state index is 0.351. The highest BCUT2D eigenvalue weighted by molar-refractivity contribution is 7.09. The summed E-state index contributed by atoms with van der Waals surface area (Å²) >= 11 is 1.41. The minimum Gasteiger partial charge on any atom is -0.377 e. The van der Waals surface area contributed by atoms with Gasteiger partial charge < -0.3 is 10.1 Å². The van der Waals surface area contributed by atoms with Gasteiger partial charge in [-0.1, -0.05) is 30.3 Å². The SMILES string of the molecule is COCc1nsc(NC(c2ccccc2)C2CC2)n1. The molecule has 1 aliphatic carbocycles. The summed E-state index contributed by atoms with van der Waals surface area (Å²) in [7, 11) is 1.66. The molecule has 19 heavy (non-hydrogen) atoms. The Labute approximate surface area is 117 Å². The highest BCUT2D eigenvalue weighted by Crippen LogP contribution is 2.42. The standard InChI is InChI=1S/C14H17N3OS/c1-18-9-12-15-14(19-17-12)16-13(11-7-8-11)10-5-3-2-4-6-10/h2-6,11,13H,7-9H2,1H3,(H,15,16,17). The van der Waals surface area contributed by atoms with Crippen molar-refractivity contribution in [2.75, 3.05) is 12.4 Å². The van der Waals surface area contributed by atoms with Gasteiger partial charge in [0.2, 0.25) is 5.13 Å². The molecule has 4 nitrogen and oxygen atoms in total. The summed E-state index contributed by atoms with van der Waals surface area (Å²) in [5.41, 5.74) is 1.33. The summed E-state index contributed by atoms with van der Waals surface area (Å²) in [6.07, 6.45) is 2.58. The van der Waals surface area contributed by atoms with Crippen molar-refractivity contribution in [2.24, 2.45) is 5.92 Å². The molecule has 1 N–H and O–H groups in total. The fraction of sp³-hybridized carbons (Fsp3) is 0.429. The first-order chi connectivity index (χ1) is 9.36. The third kappa shape index (κ3) is 3.11. The molecule has 0 bridgehead atoms. The zero-order valence-corrected chi connectivity index (χ0v) is 11.7. The van der Waals surface area contributed by atoms with Gasteiger partial charge >= 0.3 is 0 Å². The van der Waals surface area contributed by atoms with Gasteiger partial charge in [-0.05, 0) is 24.3 Å². The molecule has 1 saturated carbocycles. The van der Waals surface area contributed by atoms with Gasteiger partial charge in [0, 0.05) is 18.6 Å². The monoisotopic (exact) mass is 275 g/mol. The number of anilines is 1. The average molecular weight is 275 g/mol. The molecule has 1 aromatic heterocycles. The highest BCUT2D eigenvalue weighted by atomic mass is 32.1. The van der Waals surface area contributed by atoms with Crippen molar-refractivity contribution in [3.05, 3.63) is 41.7 Å². The van der Waals surface area contributed by atoms with E-state index in [-0.39, 0.29) is 0 Å². The molecule has 2 aromatic rings. The number of aromatic nitrogens is 2. The molecule has 5 heteroatoms. The minimum atomic E-state index is 0.351. The second kappa shape index (κ2) is 5.67. The Morgan fingerprint density at radius 2 is 2.16 bits per heavy atom. The first kappa shape index (κ1) is 12.6. The third-order valence-corrected chi connectivity index (χ3v) is 3.96. The average Bonchev–Trinajstić information content (AvgIpc) is 3.19. The van der Waals surface area contributed by atoms with Gasteiger partial charge in [-0.25, -0.2) is 4.98 Å². The molecule has 1 fully saturated rings. The summed E-state index contributed by atoms with van der Waals surface area (Å²) < 4.78 is 9.32. The maximum Gasteiger partial charge on any atom is 0.203 e. The maximum atomic E-state index is 5.04. The van der Waals surface area contributed by atoms with Crippen LogP contribution in [-0.4, -0.2) is 16.5 Å². The quantitative estimate of drug-likeness (QED) is 0.879. The van der Waals surface area contributed by atoms with Crippen molar-refractivity contribution in [1.82, 2.24) is 9.36 Å². The van der Waals surface area contributed by atoms with E-state index in [1.165, 1.54) is 29.9 Å². The Balaban J connectivity index is 1.74. The number of rotatable bonds is 6. The van der Waals surface area contributed by atoms with Crippen LogP contribution in [0.25, 0.3) is 0 Å². The van der Waals surface area contributed by atoms with Crippen LogP contribution in [0, 0.1) is 5.92 Å². The van der Waals surface area contributed by atoms with E-state index in [9.17, 15) is 0 Å². The van der Waals surface area contributed by atoms with E-state index < -0.39 is 0 Å². The molecule has 1 aliphatic rings. The van der Waals surface area contributed by atoms with Gasteiger partial charge in [-0.2, -0.15) is 4.37 Å². The van der Waals surface area contributed by atoms with Crippen LogP contribution >= 0.6 is 11.5 Å². The van der Waals surface area contributed by atoms with E-state index in [0.717, 1.165) is 16.9 Å². The van der Waals surface area contributed by atoms with E-state index >= 15 is 0 Å². The second-order valence-electron chi connectivity index (χ2n) is 4.82. The predicted octanol–water partition coefficient (Wildman–Crippen LogP) is 3.25. The number of nitrogens with zero attached hydrogens (tertiary/aromatic N) is 2. The molecule has 0 spiro atoms. The van der Waals surface area contributed by atoms with Crippen LogP contribution in [0.15, 0.2) is 30.3 Å². The zero-order valence-electron chi connectivity index (χ0n) is 10.9. The largest absolute Gasteiger partial charge is 0.377 e. The van der Waals surface area contributed by atoms with Crippen LogP contribution < -0.4 is 5.32 Å². The normalized spacial score (nSPS) is 16.3. The molecular weight excluding hydrogens is 258 g/mol. The van der Waals surface area contributed by atoms with E-state index in [2.05, 4.69) is 45.0 Å². The summed E-state index contributed by atoms with van der Waals surface area (Å²) in [5, 5.41) is 4.41. The molecule has 0 saturated heterocycles. The molecule has 0 aliphatic heterocycles. The van der Waals surface area contributed by atoms with Crippen LogP contribution in [0.1, 0.15) is 30.3 Å². The molecule has 1 atom stereocenters. The van der Waals surface area contributed by atoms with Crippen molar-refractivity contribution in [2.45, 2.75) is 25.5 Å². The topological polar surface area (TPSA) is 47.0 Å². The Kier molecular flexibility index (Phi) is 3.75. The van der Waals surface area contributed by atoms with E-state index in [1.54, 1.807) is 7.11 Å². The fourth-order valence-electron chi connectivity index (χ4n) is 2.20. The lowest BCUT2D eigenvalue weighted by atomic mass is 10.0. The molecule has 1 aromatic carbocycles. The Bertz CT molecular complexity index is 524. The number of benzene rings is 1. The van der Waals surface area contributed by atoms with Gasteiger partial charge in [0.1, 0.15) is 6.61 Å². The third-order valence-electron chi connectivity index (χ3n) is 3.27. The lowest BCUT2D eigenvalue weighted by Gasteiger charge is -2.17. The number of nitrogens with one attached hydrogen (secondary N) is 1. The molecule has 100 valence electrons. The first-order valence-corrected chi connectivity index (χ1v) is 7.27. The van der Waals surface area contributed by atoms with Crippen molar-refractivity contribution < 1.29 is 4.74 Å². The van der Waals surface area contributed by atoms with Gasteiger partial charge in [0.25, 0.3) is 0 Å². The smallest absolute Gasteiger partial charge is 0.203 e. The van der Waals surface area contributed by atoms with E-state index in [0.29, 0.717) is 12.6 Å². The van der Waals surface area contributed by atoms with Gasteiger partial charge in [-0.15, -0.1) is 0 Å². The van der Waals surface area contributed by atoms with E-state index in [1.807, 2.05) is 0 Å². The fourth-order valence-corrected chi connectivity index (χ4v) is 2.81. The summed E-state index contributed by atoms with van der Waals surface area (Å²) in [4.78, 5) is 4.45. The van der Waals surface area contributed by atoms with E-state index in [4.69, 9.17) is 4.74 Å². The zero-order chi connectivity index (χ0) is 13.1. The van der Waals surface area contributed by atoms with Crippen LogP contribution in [0.4, 0.5) is 5.13 Å². The lowest BCUT2D eigenvalue weighted by molar-refractivity contribution is 0.179.